The maximum absolute atomic E-state index is 10.6. The van der Waals surface area contributed by atoms with Crippen LogP contribution in [0.4, 0.5) is 5.69 Å². The van der Waals surface area contributed by atoms with Crippen molar-refractivity contribution in [2.24, 2.45) is 0 Å². The molecule has 5 heteroatoms. The van der Waals surface area contributed by atoms with Gasteiger partial charge in [-0.15, -0.1) is 0 Å². The van der Waals surface area contributed by atoms with Crippen molar-refractivity contribution in [2.45, 2.75) is 13.0 Å². The summed E-state index contributed by atoms with van der Waals surface area (Å²) < 4.78 is 0. The SMILES string of the molecule is CC(Nc1ccc(Cl)cc1C#N)C(=O)O. The number of carboxylic acids is 1. The highest BCUT2D eigenvalue weighted by atomic mass is 35.5. The highest BCUT2D eigenvalue weighted by Gasteiger charge is 2.12. The van der Waals surface area contributed by atoms with Gasteiger partial charge in [0.25, 0.3) is 0 Å². The molecule has 78 valence electrons. The van der Waals surface area contributed by atoms with Crippen LogP contribution in [0.3, 0.4) is 0 Å². The van der Waals surface area contributed by atoms with Crippen LogP contribution in [0.5, 0.6) is 0 Å². The largest absolute Gasteiger partial charge is 0.480 e. The number of nitrogens with zero attached hydrogens (tertiary/aromatic N) is 1. The Morgan fingerprint density at radius 3 is 2.87 bits per heavy atom. The van der Waals surface area contributed by atoms with E-state index in [1.54, 1.807) is 12.1 Å². The lowest BCUT2D eigenvalue weighted by molar-refractivity contribution is -0.137. The van der Waals surface area contributed by atoms with Crippen molar-refractivity contribution >= 4 is 23.3 Å². The summed E-state index contributed by atoms with van der Waals surface area (Å²) in [6.07, 6.45) is 0. The van der Waals surface area contributed by atoms with Crippen molar-refractivity contribution in [1.29, 1.82) is 5.26 Å². The number of aliphatic carboxylic acids is 1. The molecule has 1 atom stereocenters. The first kappa shape index (κ1) is 11.3. The summed E-state index contributed by atoms with van der Waals surface area (Å²) in [5.41, 5.74) is 0.799. The molecule has 15 heavy (non-hydrogen) atoms. The van der Waals surface area contributed by atoms with Crippen molar-refractivity contribution in [3.63, 3.8) is 0 Å². The van der Waals surface area contributed by atoms with Gasteiger partial charge in [-0.2, -0.15) is 5.26 Å². The molecular formula is C10H9ClN2O2. The van der Waals surface area contributed by atoms with Gasteiger partial charge in [-0.05, 0) is 25.1 Å². The molecule has 0 spiro atoms. The molecule has 0 heterocycles. The van der Waals surface area contributed by atoms with E-state index >= 15 is 0 Å². The van der Waals surface area contributed by atoms with Gasteiger partial charge in [-0.25, -0.2) is 0 Å². The molecule has 0 saturated heterocycles. The molecule has 4 nitrogen and oxygen atoms in total. The zero-order valence-electron chi connectivity index (χ0n) is 7.99. The molecule has 0 aromatic heterocycles. The van der Waals surface area contributed by atoms with E-state index in [1.165, 1.54) is 13.0 Å². The van der Waals surface area contributed by atoms with Crippen LogP contribution in [0.1, 0.15) is 12.5 Å². The van der Waals surface area contributed by atoms with Crippen LogP contribution in [0, 0.1) is 11.3 Å². The van der Waals surface area contributed by atoms with Gasteiger partial charge in [-0.1, -0.05) is 11.6 Å². The summed E-state index contributed by atoms with van der Waals surface area (Å²) in [7, 11) is 0. The summed E-state index contributed by atoms with van der Waals surface area (Å²) in [6.45, 7) is 1.50. The Kier molecular flexibility index (Phi) is 3.53. The van der Waals surface area contributed by atoms with Gasteiger partial charge in [0.15, 0.2) is 0 Å². The molecule has 2 N–H and O–H groups in total. The Morgan fingerprint density at radius 1 is 1.67 bits per heavy atom. The van der Waals surface area contributed by atoms with Crippen LogP contribution < -0.4 is 5.32 Å². The average molecular weight is 225 g/mol. The summed E-state index contributed by atoms with van der Waals surface area (Å²) in [5, 5.41) is 20.6. The molecule has 1 aromatic rings. The molecule has 0 aliphatic carbocycles. The zero-order valence-corrected chi connectivity index (χ0v) is 8.75. The lowest BCUT2D eigenvalue weighted by Gasteiger charge is -2.11. The lowest BCUT2D eigenvalue weighted by Crippen LogP contribution is -2.25. The van der Waals surface area contributed by atoms with E-state index in [0.29, 0.717) is 16.3 Å². The fourth-order valence-corrected chi connectivity index (χ4v) is 1.20. The highest BCUT2D eigenvalue weighted by molar-refractivity contribution is 6.30. The molecule has 0 amide bonds. The second-order valence-electron chi connectivity index (χ2n) is 3.01. The Morgan fingerprint density at radius 2 is 2.33 bits per heavy atom. The Bertz CT molecular complexity index is 426. The maximum Gasteiger partial charge on any atom is 0.325 e. The standard InChI is InChI=1S/C10H9ClN2O2/c1-6(10(14)15)13-9-3-2-8(11)4-7(9)5-12/h2-4,6,13H,1H3,(H,14,15). The predicted octanol–water partition coefficient (Wildman–Crippen LogP) is 2.10. The summed E-state index contributed by atoms with van der Waals surface area (Å²) in [4.78, 5) is 10.6. The molecule has 1 rings (SSSR count). The lowest BCUT2D eigenvalue weighted by atomic mass is 10.2. The van der Waals surface area contributed by atoms with E-state index in [4.69, 9.17) is 22.0 Å². The Labute approximate surface area is 92.1 Å². The fourth-order valence-electron chi connectivity index (χ4n) is 1.03. The van der Waals surface area contributed by atoms with E-state index in [-0.39, 0.29) is 0 Å². The molecular weight excluding hydrogens is 216 g/mol. The van der Waals surface area contributed by atoms with Gasteiger partial charge >= 0.3 is 5.97 Å². The monoisotopic (exact) mass is 224 g/mol. The summed E-state index contributed by atoms with van der Waals surface area (Å²) in [5.74, 6) is -0.978. The maximum atomic E-state index is 10.6. The van der Waals surface area contributed by atoms with E-state index in [9.17, 15) is 4.79 Å². The minimum absolute atomic E-state index is 0.329. The Balaban J connectivity index is 2.96. The number of carbonyl (C=O) groups is 1. The van der Waals surface area contributed by atoms with Crippen LogP contribution >= 0.6 is 11.6 Å². The number of carboxylic acid groups (broad SMARTS) is 1. The number of halogens is 1. The number of hydrogen-bond donors (Lipinski definition) is 2. The molecule has 1 aromatic carbocycles. The number of nitriles is 1. The van der Waals surface area contributed by atoms with Crippen LogP contribution in [-0.2, 0) is 4.79 Å². The van der Waals surface area contributed by atoms with Crippen molar-refractivity contribution < 1.29 is 9.90 Å². The first-order chi connectivity index (χ1) is 7.04. The van der Waals surface area contributed by atoms with Crippen molar-refractivity contribution in [1.82, 2.24) is 0 Å². The average Bonchev–Trinajstić information content (AvgIpc) is 2.20. The first-order valence-corrected chi connectivity index (χ1v) is 4.61. The second-order valence-corrected chi connectivity index (χ2v) is 3.44. The molecule has 1 unspecified atom stereocenters. The normalized spacial score (nSPS) is 11.5. The molecule has 0 bridgehead atoms. The van der Waals surface area contributed by atoms with Gasteiger partial charge < -0.3 is 10.4 Å². The van der Waals surface area contributed by atoms with Crippen LogP contribution in [-0.4, -0.2) is 17.1 Å². The molecule has 0 fully saturated rings. The van der Waals surface area contributed by atoms with Gasteiger partial charge in [0.05, 0.1) is 11.3 Å². The minimum Gasteiger partial charge on any atom is -0.480 e. The fraction of sp³-hybridized carbons (Fsp3) is 0.200. The third-order valence-electron chi connectivity index (χ3n) is 1.84. The summed E-state index contributed by atoms with van der Waals surface area (Å²) in [6, 6.07) is 5.85. The smallest absolute Gasteiger partial charge is 0.325 e. The molecule has 0 saturated carbocycles. The van der Waals surface area contributed by atoms with Crippen molar-refractivity contribution in [3.8, 4) is 6.07 Å². The van der Waals surface area contributed by atoms with Crippen LogP contribution in [0.15, 0.2) is 18.2 Å². The van der Waals surface area contributed by atoms with Crippen LogP contribution in [0.2, 0.25) is 5.02 Å². The van der Waals surface area contributed by atoms with E-state index in [2.05, 4.69) is 5.32 Å². The predicted molar refractivity (Wildman–Crippen MR) is 56.9 cm³/mol. The van der Waals surface area contributed by atoms with Gasteiger partial charge in [0.1, 0.15) is 12.1 Å². The zero-order chi connectivity index (χ0) is 11.4. The molecule has 0 radical (unpaired) electrons. The number of benzene rings is 1. The molecule has 0 aliphatic rings. The highest BCUT2D eigenvalue weighted by Crippen LogP contribution is 2.20. The first-order valence-electron chi connectivity index (χ1n) is 4.23. The van der Waals surface area contributed by atoms with Crippen molar-refractivity contribution in [3.05, 3.63) is 28.8 Å². The number of rotatable bonds is 3. The molecule has 0 aliphatic heterocycles. The van der Waals surface area contributed by atoms with Gasteiger partial charge in [0.2, 0.25) is 0 Å². The number of nitrogens with one attached hydrogen (secondary N) is 1. The summed E-state index contributed by atoms with van der Waals surface area (Å²) >= 11 is 5.70. The topological polar surface area (TPSA) is 73.1 Å². The number of hydrogen-bond acceptors (Lipinski definition) is 3. The second kappa shape index (κ2) is 4.67. The minimum atomic E-state index is -0.978. The third kappa shape index (κ3) is 2.86. The Hall–Kier alpha value is -1.73. The number of anilines is 1. The van der Waals surface area contributed by atoms with Gasteiger partial charge in [0, 0.05) is 5.02 Å². The van der Waals surface area contributed by atoms with Crippen LogP contribution in [0.25, 0.3) is 0 Å². The third-order valence-corrected chi connectivity index (χ3v) is 2.08. The van der Waals surface area contributed by atoms with Crippen molar-refractivity contribution in [2.75, 3.05) is 5.32 Å². The van der Waals surface area contributed by atoms with E-state index < -0.39 is 12.0 Å². The van der Waals surface area contributed by atoms with Gasteiger partial charge in [-0.3, -0.25) is 4.79 Å². The quantitative estimate of drug-likeness (QED) is 0.825. The van der Waals surface area contributed by atoms with E-state index in [1.807, 2.05) is 6.07 Å². The van der Waals surface area contributed by atoms with E-state index in [0.717, 1.165) is 0 Å².